The number of hydrogen-bond acceptors (Lipinski definition) is 4. The van der Waals surface area contributed by atoms with Gasteiger partial charge in [-0.05, 0) is 30.5 Å². The number of benzene rings is 2. The molecule has 0 atom stereocenters. The molecule has 0 saturated heterocycles. The molecule has 0 N–H and O–H groups in total. The molecule has 2 aromatic rings. The summed E-state index contributed by atoms with van der Waals surface area (Å²) < 4.78 is 16.4. The third-order valence-electron chi connectivity index (χ3n) is 3.50. The molecular weight excluding hydrogens is 280 g/mol. The van der Waals surface area contributed by atoms with Gasteiger partial charge in [0.2, 0.25) is 0 Å². The van der Waals surface area contributed by atoms with E-state index >= 15 is 0 Å². The monoisotopic (exact) mass is 298 g/mol. The van der Waals surface area contributed by atoms with Crippen LogP contribution in [0.4, 0.5) is 0 Å². The molecular formula is C18H18O4. The highest BCUT2D eigenvalue weighted by molar-refractivity contribution is 5.77. The first-order valence-corrected chi connectivity index (χ1v) is 7.32. The molecule has 4 heteroatoms. The maximum atomic E-state index is 11.7. The van der Waals surface area contributed by atoms with Gasteiger partial charge in [-0.1, -0.05) is 30.3 Å². The minimum Gasteiger partial charge on any atom is -0.493 e. The molecule has 0 aliphatic heterocycles. The van der Waals surface area contributed by atoms with Gasteiger partial charge in [0.25, 0.3) is 0 Å². The highest BCUT2D eigenvalue weighted by Crippen LogP contribution is 2.34. The molecule has 4 nitrogen and oxygen atoms in total. The van der Waals surface area contributed by atoms with Gasteiger partial charge in [0.15, 0.2) is 11.5 Å². The van der Waals surface area contributed by atoms with Crippen LogP contribution in [0.5, 0.6) is 17.2 Å². The molecule has 22 heavy (non-hydrogen) atoms. The van der Waals surface area contributed by atoms with Gasteiger partial charge in [-0.15, -0.1) is 0 Å². The summed E-state index contributed by atoms with van der Waals surface area (Å²) in [5, 5.41) is 0. The summed E-state index contributed by atoms with van der Waals surface area (Å²) in [7, 11) is 1.58. The van der Waals surface area contributed by atoms with Crippen LogP contribution in [-0.2, 0) is 11.4 Å². The lowest BCUT2D eigenvalue weighted by Crippen LogP contribution is -2.10. The lowest BCUT2D eigenvalue weighted by atomic mass is 10.2. The molecule has 0 amide bonds. The van der Waals surface area contributed by atoms with E-state index in [1.807, 2.05) is 30.3 Å². The van der Waals surface area contributed by atoms with Gasteiger partial charge in [0.05, 0.1) is 13.0 Å². The van der Waals surface area contributed by atoms with Gasteiger partial charge in [0.1, 0.15) is 12.4 Å². The largest absolute Gasteiger partial charge is 0.493 e. The van der Waals surface area contributed by atoms with Crippen molar-refractivity contribution in [2.24, 2.45) is 5.92 Å². The molecule has 0 aromatic heterocycles. The van der Waals surface area contributed by atoms with Gasteiger partial charge in [-0.2, -0.15) is 0 Å². The van der Waals surface area contributed by atoms with Gasteiger partial charge in [-0.3, -0.25) is 4.79 Å². The molecule has 1 saturated carbocycles. The summed E-state index contributed by atoms with van der Waals surface area (Å²) in [6.07, 6.45) is 1.85. The Hall–Kier alpha value is -2.49. The molecule has 3 rings (SSSR count). The van der Waals surface area contributed by atoms with Crippen LogP contribution in [0.1, 0.15) is 18.4 Å². The molecule has 1 aliphatic rings. The van der Waals surface area contributed by atoms with E-state index in [4.69, 9.17) is 14.2 Å². The number of rotatable bonds is 6. The Kier molecular flexibility index (Phi) is 4.28. The normalized spacial score (nSPS) is 13.5. The average Bonchev–Trinajstić information content (AvgIpc) is 3.39. The van der Waals surface area contributed by atoms with Crippen LogP contribution in [0.3, 0.4) is 0 Å². The Morgan fingerprint density at radius 3 is 2.55 bits per heavy atom. The van der Waals surface area contributed by atoms with Gasteiger partial charge in [0, 0.05) is 6.07 Å². The Morgan fingerprint density at radius 2 is 1.86 bits per heavy atom. The van der Waals surface area contributed by atoms with Gasteiger partial charge in [-0.25, -0.2) is 0 Å². The lowest BCUT2D eigenvalue weighted by Gasteiger charge is -2.12. The van der Waals surface area contributed by atoms with Crippen molar-refractivity contribution in [1.82, 2.24) is 0 Å². The topological polar surface area (TPSA) is 44.8 Å². The van der Waals surface area contributed by atoms with Crippen LogP contribution in [0.15, 0.2) is 48.5 Å². The van der Waals surface area contributed by atoms with Crippen molar-refractivity contribution < 1.29 is 19.0 Å². The van der Waals surface area contributed by atoms with E-state index in [0.717, 1.165) is 18.4 Å². The lowest BCUT2D eigenvalue weighted by molar-refractivity contribution is -0.135. The van der Waals surface area contributed by atoms with Gasteiger partial charge < -0.3 is 14.2 Å². The second kappa shape index (κ2) is 6.52. The van der Waals surface area contributed by atoms with E-state index < -0.39 is 0 Å². The number of methoxy groups -OCH3 is 1. The maximum Gasteiger partial charge on any atom is 0.314 e. The summed E-state index contributed by atoms with van der Waals surface area (Å²) in [4.78, 5) is 11.7. The average molecular weight is 298 g/mol. The second-order valence-corrected chi connectivity index (χ2v) is 5.28. The predicted octanol–water partition coefficient (Wildman–Crippen LogP) is 3.59. The van der Waals surface area contributed by atoms with E-state index in [9.17, 15) is 4.79 Å². The van der Waals surface area contributed by atoms with Crippen LogP contribution in [-0.4, -0.2) is 13.1 Å². The van der Waals surface area contributed by atoms with Crippen molar-refractivity contribution >= 4 is 5.97 Å². The zero-order valence-electron chi connectivity index (χ0n) is 12.5. The van der Waals surface area contributed by atoms with Crippen LogP contribution >= 0.6 is 0 Å². The van der Waals surface area contributed by atoms with Crippen LogP contribution in [0.25, 0.3) is 0 Å². The predicted molar refractivity (Wildman–Crippen MR) is 82.1 cm³/mol. The highest BCUT2D eigenvalue weighted by Gasteiger charge is 2.31. The van der Waals surface area contributed by atoms with E-state index in [2.05, 4.69) is 0 Å². The summed E-state index contributed by atoms with van der Waals surface area (Å²) >= 11 is 0. The summed E-state index contributed by atoms with van der Waals surface area (Å²) in [5.41, 5.74) is 1.06. The SMILES string of the molecule is COc1ccc(OC(=O)C2CC2)cc1OCc1ccccc1. The van der Waals surface area contributed by atoms with Crippen LogP contribution in [0.2, 0.25) is 0 Å². The first-order valence-electron chi connectivity index (χ1n) is 7.32. The minimum atomic E-state index is -0.167. The molecule has 1 aliphatic carbocycles. The number of ether oxygens (including phenoxy) is 3. The Morgan fingerprint density at radius 1 is 1.09 bits per heavy atom. The molecule has 0 unspecified atom stereocenters. The fourth-order valence-corrected chi connectivity index (χ4v) is 2.09. The fourth-order valence-electron chi connectivity index (χ4n) is 2.09. The molecule has 0 bridgehead atoms. The highest BCUT2D eigenvalue weighted by atomic mass is 16.5. The van der Waals surface area contributed by atoms with Crippen molar-refractivity contribution in [3.05, 3.63) is 54.1 Å². The van der Waals surface area contributed by atoms with Crippen molar-refractivity contribution in [3.8, 4) is 17.2 Å². The zero-order valence-corrected chi connectivity index (χ0v) is 12.5. The van der Waals surface area contributed by atoms with Gasteiger partial charge >= 0.3 is 5.97 Å². The summed E-state index contributed by atoms with van der Waals surface area (Å²) in [5.74, 6) is 1.56. The van der Waals surface area contributed by atoms with Crippen molar-refractivity contribution in [1.29, 1.82) is 0 Å². The number of carbonyl (C=O) groups excluding carboxylic acids is 1. The third kappa shape index (κ3) is 3.58. The third-order valence-corrected chi connectivity index (χ3v) is 3.50. The minimum absolute atomic E-state index is 0.0655. The number of hydrogen-bond donors (Lipinski definition) is 0. The van der Waals surface area contributed by atoms with E-state index in [-0.39, 0.29) is 11.9 Å². The van der Waals surface area contributed by atoms with Crippen molar-refractivity contribution in [3.63, 3.8) is 0 Å². The van der Waals surface area contributed by atoms with E-state index in [1.165, 1.54) is 0 Å². The second-order valence-electron chi connectivity index (χ2n) is 5.28. The Balaban J connectivity index is 1.71. The number of esters is 1. The molecule has 2 aromatic carbocycles. The summed E-state index contributed by atoms with van der Waals surface area (Å²) in [6.45, 7) is 0.428. The summed E-state index contributed by atoms with van der Waals surface area (Å²) in [6, 6.07) is 15.0. The molecule has 114 valence electrons. The van der Waals surface area contributed by atoms with Crippen LogP contribution in [0, 0.1) is 5.92 Å². The zero-order chi connectivity index (χ0) is 15.4. The maximum absolute atomic E-state index is 11.7. The molecule has 0 heterocycles. The standard InChI is InChI=1S/C18H18O4/c1-20-16-10-9-15(22-18(19)14-7-8-14)11-17(16)21-12-13-5-3-2-4-6-13/h2-6,9-11,14H,7-8,12H2,1H3. The Bertz CT molecular complexity index is 647. The molecule has 0 spiro atoms. The number of carbonyl (C=O) groups is 1. The first kappa shape index (κ1) is 14.4. The van der Waals surface area contributed by atoms with E-state index in [0.29, 0.717) is 23.9 Å². The van der Waals surface area contributed by atoms with Crippen molar-refractivity contribution in [2.75, 3.05) is 7.11 Å². The smallest absolute Gasteiger partial charge is 0.314 e. The fraction of sp³-hybridized carbons (Fsp3) is 0.278. The van der Waals surface area contributed by atoms with Crippen LogP contribution < -0.4 is 14.2 Å². The van der Waals surface area contributed by atoms with Crippen molar-refractivity contribution in [2.45, 2.75) is 19.4 Å². The molecule has 1 fully saturated rings. The quantitative estimate of drug-likeness (QED) is 0.604. The molecule has 0 radical (unpaired) electrons. The Labute approximate surface area is 129 Å². The van der Waals surface area contributed by atoms with E-state index in [1.54, 1.807) is 25.3 Å². The first-order chi connectivity index (χ1) is 10.8.